The topological polar surface area (TPSA) is 85.1 Å². The van der Waals surface area contributed by atoms with Crippen LogP contribution in [0, 0.1) is 0 Å². The molecule has 0 atom stereocenters. The molecule has 0 bridgehead atoms. The van der Waals surface area contributed by atoms with E-state index >= 15 is 0 Å². The summed E-state index contributed by atoms with van der Waals surface area (Å²) in [6, 6.07) is 6.80. The highest BCUT2D eigenvalue weighted by Crippen LogP contribution is 2.23. The molecule has 0 amide bonds. The summed E-state index contributed by atoms with van der Waals surface area (Å²) < 4.78 is 28.2. The smallest absolute Gasteiger partial charge is 0.229 e. The van der Waals surface area contributed by atoms with Gasteiger partial charge in [-0.2, -0.15) is 4.98 Å². The van der Waals surface area contributed by atoms with Crippen LogP contribution in [-0.4, -0.2) is 37.9 Å². The molecule has 1 saturated heterocycles. The number of halogens is 1. The Morgan fingerprint density at radius 2 is 1.87 bits per heavy atom. The molecule has 0 radical (unpaired) electrons. The van der Waals surface area contributed by atoms with E-state index in [1.807, 2.05) is 0 Å². The van der Waals surface area contributed by atoms with Crippen LogP contribution in [-0.2, 0) is 16.3 Å². The molecule has 0 spiro atoms. The largest absolute Gasteiger partial charge is 0.339 e. The maximum atomic E-state index is 11.4. The van der Waals surface area contributed by atoms with Crippen LogP contribution in [0.15, 0.2) is 33.7 Å². The minimum absolute atomic E-state index is 0. The minimum Gasteiger partial charge on any atom is -0.339 e. The summed E-state index contributed by atoms with van der Waals surface area (Å²) >= 11 is 0. The molecule has 6 nitrogen and oxygen atoms in total. The number of piperidine rings is 1. The van der Waals surface area contributed by atoms with Gasteiger partial charge in [-0.1, -0.05) is 17.3 Å². The van der Waals surface area contributed by atoms with E-state index in [-0.39, 0.29) is 12.4 Å². The molecule has 126 valence electrons. The Balaban J connectivity index is 0.00000192. The maximum absolute atomic E-state index is 11.4. The molecular formula is C15H20ClN3O3S. The lowest BCUT2D eigenvalue weighted by Gasteiger charge is -2.18. The van der Waals surface area contributed by atoms with Gasteiger partial charge in [-0.05, 0) is 43.6 Å². The van der Waals surface area contributed by atoms with E-state index in [9.17, 15) is 8.42 Å². The third-order valence-corrected chi connectivity index (χ3v) is 5.01. The summed E-state index contributed by atoms with van der Waals surface area (Å²) in [5, 5.41) is 7.34. The normalized spacial score (nSPS) is 16.0. The molecule has 2 heterocycles. The Bertz CT molecular complexity index is 738. The van der Waals surface area contributed by atoms with Gasteiger partial charge in [-0.15, -0.1) is 12.4 Å². The molecule has 8 heteroatoms. The van der Waals surface area contributed by atoms with Crippen molar-refractivity contribution in [3.05, 3.63) is 41.5 Å². The van der Waals surface area contributed by atoms with Crippen LogP contribution in [0.5, 0.6) is 0 Å². The van der Waals surface area contributed by atoms with Crippen LogP contribution in [0.3, 0.4) is 0 Å². The maximum Gasteiger partial charge on any atom is 0.229 e. The highest BCUT2D eigenvalue weighted by Gasteiger charge is 2.21. The first-order chi connectivity index (χ1) is 10.5. The number of nitrogens with zero attached hydrogens (tertiary/aromatic N) is 2. The van der Waals surface area contributed by atoms with Crippen LogP contribution < -0.4 is 5.32 Å². The lowest BCUT2D eigenvalue weighted by molar-refractivity contribution is 0.318. The van der Waals surface area contributed by atoms with Crippen LogP contribution in [0.4, 0.5) is 0 Å². The van der Waals surface area contributed by atoms with Gasteiger partial charge in [0.2, 0.25) is 5.89 Å². The molecule has 0 saturated carbocycles. The third-order valence-electron chi connectivity index (χ3n) is 3.89. The number of nitrogens with one attached hydrogen (secondary N) is 1. The summed E-state index contributed by atoms with van der Waals surface area (Å²) in [5.74, 6) is 1.69. The number of sulfone groups is 1. The van der Waals surface area contributed by atoms with Crippen molar-refractivity contribution in [2.45, 2.75) is 30.1 Å². The Kier molecular flexibility index (Phi) is 5.78. The highest BCUT2D eigenvalue weighted by molar-refractivity contribution is 7.90. The average molecular weight is 358 g/mol. The van der Waals surface area contributed by atoms with Crippen molar-refractivity contribution in [1.29, 1.82) is 0 Å². The zero-order valence-electron chi connectivity index (χ0n) is 12.9. The predicted molar refractivity (Wildman–Crippen MR) is 88.7 cm³/mol. The Labute approximate surface area is 142 Å². The lowest BCUT2D eigenvalue weighted by Crippen LogP contribution is -2.26. The third kappa shape index (κ3) is 4.53. The van der Waals surface area contributed by atoms with Crippen molar-refractivity contribution < 1.29 is 12.9 Å². The zero-order chi connectivity index (χ0) is 15.6. The summed E-state index contributed by atoms with van der Waals surface area (Å²) in [6.07, 6.45) is 3.78. The molecule has 0 unspecified atom stereocenters. The molecule has 23 heavy (non-hydrogen) atoms. The Morgan fingerprint density at radius 1 is 1.22 bits per heavy atom. The van der Waals surface area contributed by atoms with Crippen LogP contribution in [0.2, 0.25) is 0 Å². The van der Waals surface area contributed by atoms with E-state index < -0.39 is 9.84 Å². The van der Waals surface area contributed by atoms with Crippen LogP contribution in [0.1, 0.15) is 36.0 Å². The zero-order valence-corrected chi connectivity index (χ0v) is 14.5. The molecule has 2 aromatic rings. The molecular weight excluding hydrogens is 338 g/mol. The van der Waals surface area contributed by atoms with Gasteiger partial charge in [0.25, 0.3) is 0 Å². The molecule has 1 N–H and O–H groups in total. The van der Waals surface area contributed by atoms with Crippen molar-refractivity contribution in [3.8, 4) is 0 Å². The summed E-state index contributed by atoms with van der Waals surface area (Å²) in [7, 11) is -3.16. The van der Waals surface area contributed by atoms with Crippen LogP contribution >= 0.6 is 12.4 Å². The van der Waals surface area contributed by atoms with Gasteiger partial charge in [0.05, 0.1) is 4.90 Å². The molecule has 1 aromatic heterocycles. The Hall–Kier alpha value is -1.44. The molecule has 1 aromatic carbocycles. The Morgan fingerprint density at radius 3 is 2.48 bits per heavy atom. The van der Waals surface area contributed by atoms with E-state index in [1.165, 1.54) is 6.26 Å². The van der Waals surface area contributed by atoms with Crippen LogP contribution in [0.25, 0.3) is 0 Å². The average Bonchev–Trinajstić information content (AvgIpc) is 2.96. The second-order valence-electron chi connectivity index (χ2n) is 5.67. The molecule has 1 aliphatic heterocycles. The first-order valence-electron chi connectivity index (χ1n) is 7.34. The fourth-order valence-corrected chi connectivity index (χ4v) is 3.24. The van der Waals surface area contributed by atoms with E-state index in [1.54, 1.807) is 24.3 Å². The van der Waals surface area contributed by atoms with E-state index in [0.29, 0.717) is 28.9 Å². The van der Waals surface area contributed by atoms with Gasteiger partial charge in [-0.3, -0.25) is 0 Å². The van der Waals surface area contributed by atoms with Gasteiger partial charge in [0.15, 0.2) is 15.7 Å². The monoisotopic (exact) mass is 357 g/mol. The number of benzene rings is 1. The molecule has 3 rings (SSSR count). The van der Waals surface area contributed by atoms with Gasteiger partial charge < -0.3 is 9.84 Å². The van der Waals surface area contributed by atoms with Crippen molar-refractivity contribution >= 4 is 22.2 Å². The first kappa shape index (κ1) is 17.9. The quantitative estimate of drug-likeness (QED) is 0.900. The van der Waals surface area contributed by atoms with E-state index in [4.69, 9.17) is 4.52 Å². The van der Waals surface area contributed by atoms with E-state index in [2.05, 4.69) is 15.5 Å². The molecule has 1 fully saturated rings. The summed E-state index contributed by atoms with van der Waals surface area (Å²) in [4.78, 5) is 4.80. The second-order valence-corrected chi connectivity index (χ2v) is 7.68. The molecule has 1 aliphatic rings. The highest BCUT2D eigenvalue weighted by atomic mass is 35.5. The van der Waals surface area contributed by atoms with Gasteiger partial charge in [-0.25, -0.2) is 8.42 Å². The van der Waals surface area contributed by atoms with Gasteiger partial charge in [0, 0.05) is 18.6 Å². The SMILES string of the molecule is CS(=O)(=O)c1ccc(Cc2noc(C3CCNCC3)n2)cc1.Cl. The fraction of sp³-hybridized carbons (Fsp3) is 0.467. The lowest BCUT2D eigenvalue weighted by atomic mass is 9.98. The van der Waals surface area contributed by atoms with Crippen molar-refractivity contribution in [2.75, 3.05) is 19.3 Å². The summed E-state index contributed by atoms with van der Waals surface area (Å²) in [5.41, 5.74) is 0.963. The second kappa shape index (κ2) is 7.42. The summed E-state index contributed by atoms with van der Waals surface area (Å²) in [6.45, 7) is 1.96. The predicted octanol–water partition coefficient (Wildman–Crippen LogP) is 1.95. The van der Waals surface area contributed by atoms with Crippen molar-refractivity contribution in [2.24, 2.45) is 0 Å². The van der Waals surface area contributed by atoms with Gasteiger partial charge >= 0.3 is 0 Å². The van der Waals surface area contributed by atoms with Crippen molar-refractivity contribution in [1.82, 2.24) is 15.5 Å². The number of hydrogen-bond donors (Lipinski definition) is 1. The standard InChI is InChI=1S/C15H19N3O3S.ClH/c1-22(19,20)13-4-2-11(3-5-13)10-14-17-15(21-18-14)12-6-8-16-9-7-12;/h2-5,12,16H,6-10H2,1H3;1H. The number of aromatic nitrogens is 2. The number of rotatable bonds is 4. The van der Waals surface area contributed by atoms with Gasteiger partial charge in [0.1, 0.15) is 0 Å². The van der Waals surface area contributed by atoms with E-state index in [0.717, 1.165) is 31.5 Å². The van der Waals surface area contributed by atoms with Crippen molar-refractivity contribution in [3.63, 3.8) is 0 Å². The molecule has 0 aliphatic carbocycles. The fourth-order valence-electron chi connectivity index (χ4n) is 2.61. The first-order valence-corrected chi connectivity index (χ1v) is 9.24. The number of hydrogen-bond acceptors (Lipinski definition) is 6. The minimum atomic E-state index is -3.16.